The number of esters is 1. The number of hydrogen-bond donors (Lipinski definition) is 0. The molecular weight excluding hydrogens is 538 g/mol. The van der Waals surface area contributed by atoms with Gasteiger partial charge in [0.2, 0.25) is 0 Å². The van der Waals surface area contributed by atoms with Gasteiger partial charge in [0.15, 0.2) is 0 Å². The molecule has 0 spiro atoms. The fourth-order valence-corrected chi connectivity index (χ4v) is 5.65. The van der Waals surface area contributed by atoms with Crippen molar-refractivity contribution < 1.29 is 22.7 Å². The van der Waals surface area contributed by atoms with Crippen LogP contribution in [0, 0.1) is 6.92 Å². The Bertz CT molecular complexity index is 1810. The minimum Gasteiger partial charge on any atom is -0.422 e. The van der Waals surface area contributed by atoms with Gasteiger partial charge in [-0.3, -0.25) is 14.8 Å². The highest BCUT2D eigenvalue weighted by molar-refractivity contribution is 7.93. The Labute approximate surface area is 229 Å². The Kier molecular flexibility index (Phi) is 7.10. The number of anilines is 1. The van der Waals surface area contributed by atoms with Gasteiger partial charge in [0, 0.05) is 46.1 Å². The fourth-order valence-electron chi connectivity index (χ4n) is 4.01. The van der Waals surface area contributed by atoms with Crippen molar-refractivity contribution in [2.24, 2.45) is 0 Å². The molecule has 194 valence electrons. The summed E-state index contributed by atoms with van der Waals surface area (Å²) >= 11 is 6.14. The van der Waals surface area contributed by atoms with Crippen LogP contribution >= 0.6 is 11.6 Å². The van der Waals surface area contributed by atoms with Crippen LogP contribution in [0.5, 0.6) is 5.75 Å². The first-order valence-electron chi connectivity index (χ1n) is 11.7. The van der Waals surface area contributed by atoms with Crippen LogP contribution in [0.3, 0.4) is 0 Å². The Morgan fingerprint density at radius 3 is 2.05 bits per heavy atom. The van der Waals surface area contributed by atoms with Crippen LogP contribution in [0.15, 0.2) is 109 Å². The first-order valence-corrected chi connectivity index (χ1v) is 13.5. The van der Waals surface area contributed by atoms with Gasteiger partial charge in [-0.1, -0.05) is 35.9 Å². The molecule has 0 aliphatic heterocycles. The first kappa shape index (κ1) is 26.0. The van der Waals surface area contributed by atoms with Gasteiger partial charge in [0.05, 0.1) is 16.1 Å². The average Bonchev–Trinajstić information content (AvgIpc) is 2.96. The van der Waals surface area contributed by atoms with Crippen LogP contribution in [-0.2, 0) is 10.0 Å². The van der Waals surface area contributed by atoms with Crippen LogP contribution in [0.2, 0.25) is 5.02 Å². The molecule has 0 unspecified atom stereocenters. The summed E-state index contributed by atoms with van der Waals surface area (Å²) in [6, 6.07) is 19.8. The summed E-state index contributed by atoms with van der Waals surface area (Å²) in [4.78, 5) is 34.3. The van der Waals surface area contributed by atoms with E-state index in [1.54, 1.807) is 31.2 Å². The second-order valence-electron chi connectivity index (χ2n) is 8.48. The maximum atomic E-state index is 14.1. The largest absolute Gasteiger partial charge is 0.422 e. The number of ether oxygens (including phenoxy) is 1. The number of rotatable bonds is 6. The van der Waals surface area contributed by atoms with E-state index in [1.165, 1.54) is 79.4 Å². The number of fused-ring (bicyclic) bond motifs is 1. The zero-order valence-electron chi connectivity index (χ0n) is 20.5. The van der Waals surface area contributed by atoms with E-state index in [0.717, 1.165) is 4.31 Å². The summed E-state index contributed by atoms with van der Waals surface area (Å²) in [5.41, 5.74) is 1.05. The van der Waals surface area contributed by atoms with E-state index in [0.29, 0.717) is 26.9 Å². The third-order valence-electron chi connectivity index (χ3n) is 5.98. The van der Waals surface area contributed by atoms with Crippen LogP contribution in [0.4, 0.5) is 5.69 Å². The van der Waals surface area contributed by atoms with Crippen LogP contribution in [0.25, 0.3) is 10.8 Å². The van der Waals surface area contributed by atoms with Crippen molar-refractivity contribution in [3.8, 4) is 5.75 Å². The lowest BCUT2D eigenvalue weighted by atomic mass is 10.1. The lowest BCUT2D eigenvalue weighted by Gasteiger charge is -2.25. The number of aryl methyl sites for hydroxylation is 1. The fraction of sp³-hybridized carbons (Fsp3) is 0.0345. The summed E-state index contributed by atoms with van der Waals surface area (Å²) < 4.78 is 34.5. The van der Waals surface area contributed by atoms with E-state index in [-0.39, 0.29) is 21.9 Å². The molecule has 0 bridgehead atoms. The molecule has 0 saturated carbocycles. The maximum absolute atomic E-state index is 14.1. The van der Waals surface area contributed by atoms with Gasteiger partial charge in [0.1, 0.15) is 5.75 Å². The standard InChI is InChI=1S/C29H20ClN3O5S/c1-19-18-22(6-7-25(19)30)39(36,37)33(28(34)20-10-14-31-15-11-20)26-8-9-27(24-5-3-2-4-23(24)26)38-29(35)21-12-16-32-17-13-21/h2-18H,1H3. The zero-order chi connectivity index (χ0) is 27.6. The van der Waals surface area contributed by atoms with Gasteiger partial charge in [-0.2, -0.15) is 4.31 Å². The number of hydrogen-bond acceptors (Lipinski definition) is 7. The lowest BCUT2D eigenvalue weighted by molar-refractivity contribution is 0.0736. The molecule has 0 fully saturated rings. The summed E-state index contributed by atoms with van der Waals surface area (Å²) in [6.07, 6.45) is 5.77. The van der Waals surface area contributed by atoms with Crippen molar-refractivity contribution in [1.29, 1.82) is 0 Å². The summed E-state index contributed by atoms with van der Waals surface area (Å²) in [5, 5.41) is 1.22. The van der Waals surface area contributed by atoms with Crippen LogP contribution in [0.1, 0.15) is 26.3 Å². The van der Waals surface area contributed by atoms with Gasteiger partial charge < -0.3 is 4.74 Å². The minimum atomic E-state index is -4.42. The normalized spacial score (nSPS) is 11.2. The Hall–Kier alpha value is -4.60. The second kappa shape index (κ2) is 10.6. The van der Waals surface area contributed by atoms with E-state index in [9.17, 15) is 18.0 Å². The molecule has 2 aromatic heterocycles. The molecule has 0 aliphatic rings. The minimum absolute atomic E-state index is 0.0868. The SMILES string of the molecule is Cc1cc(S(=O)(=O)N(C(=O)c2ccncc2)c2ccc(OC(=O)c3ccncc3)c3ccccc23)ccc1Cl. The quantitative estimate of drug-likeness (QED) is 0.190. The molecule has 0 saturated heterocycles. The van der Waals surface area contributed by atoms with Crippen molar-refractivity contribution in [3.63, 3.8) is 0 Å². The molecule has 39 heavy (non-hydrogen) atoms. The van der Waals surface area contributed by atoms with E-state index in [4.69, 9.17) is 16.3 Å². The third-order valence-corrected chi connectivity index (χ3v) is 8.09. The summed E-state index contributed by atoms with van der Waals surface area (Å²) in [7, 11) is -4.42. The molecule has 10 heteroatoms. The van der Waals surface area contributed by atoms with Gasteiger partial charge in [-0.15, -0.1) is 0 Å². The van der Waals surface area contributed by atoms with Crippen molar-refractivity contribution >= 4 is 50.0 Å². The Balaban J connectivity index is 1.68. The topological polar surface area (TPSA) is 107 Å². The molecule has 5 rings (SSSR count). The monoisotopic (exact) mass is 557 g/mol. The molecule has 3 aromatic carbocycles. The third kappa shape index (κ3) is 5.09. The first-order chi connectivity index (χ1) is 18.8. The smallest absolute Gasteiger partial charge is 0.343 e. The van der Waals surface area contributed by atoms with Gasteiger partial charge in [-0.25, -0.2) is 13.2 Å². The number of halogens is 1. The summed E-state index contributed by atoms with van der Waals surface area (Å²) in [6.45, 7) is 1.68. The van der Waals surface area contributed by atoms with Gasteiger partial charge in [-0.05, 0) is 67.1 Å². The molecular formula is C29H20ClN3O5S. The molecule has 0 N–H and O–H groups in total. The number of nitrogens with zero attached hydrogens (tertiary/aromatic N) is 3. The van der Waals surface area contributed by atoms with Crippen molar-refractivity contribution in [2.45, 2.75) is 11.8 Å². The Morgan fingerprint density at radius 2 is 1.41 bits per heavy atom. The highest BCUT2D eigenvalue weighted by Gasteiger charge is 2.34. The van der Waals surface area contributed by atoms with E-state index < -0.39 is 21.9 Å². The van der Waals surface area contributed by atoms with E-state index in [2.05, 4.69) is 9.97 Å². The van der Waals surface area contributed by atoms with E-state index >= 15 is 0 Å². The van der Waals surface area contributed by atoms with Crippen molar-refractivity contribution in [3.05, 3.63) is 125 Å². The lowest BCUT2D eigenvalue weighted by Crippen LogP contribution is -2.37. The molecule has 5 aromatic rings. The highest BCUT2D eigenvalue weighted by atomic mass is 35.5. The number of carbonyl (C=O) groups is 2. The van der Waals surface area contributed by atoms with E-state index in [1.807, 2.05) is 0 Å². The predicted octanol–water partition coefficient (Wildman–Crippen LogP) is 5.85. The predicted molar refractivity (Wildman–Crippen MR) is 148 cm³/mol. The second-order valence-corrected chi connectivity index (χ2v) is 10.7. The molecule has 0 radical (unpaired) electrons. The number of carbonyl (C=O) groups excluding carboxylic acids is 2. The zero-order valence-corrected chi connectivity index (χ0v) is 22.1. The average molecular weight is 558 g/mol. The number of sulfonamides is 1. The molecule has 0 atom stereocenters. The van der Waals surface area contributed by atoms with Crippen molar-refractivity contribution in [2.75, 3.05) is 4.31 Å². The summed E-state index contributed by atoms with van der Waals surface area (Å²) in [5.74, 6) is -1.19. The van der Waals surface area contributed by atoms with Crippen LogP contribution in [-0.4, -0.2) is 30.3 Å². The van der Waals surface area contributed by atoms with Crippen LogP contribution < -0.4 is 9.04 Å². The molecule has 0 aliphatic carbocycles. The number of amides is 1. The van der Waals surface area contributed by atoms with Crippen molar-refractivity contribution in [1.82, 2.24) is 9.97 Å². The van der Waals surface area contributed by atoms with Gasteiger partial charge >= 0.3 is 5.97 Å². The number of benzene rings is 3. The molecule has 1 amide bonds. The number of aromatic nitrogens is 2. The Morgan fingerprint density at radius 1 is 0.795 bits per heavy atom. The number of pyridine rings is 2. The van der Waals surface area contributed by atoms with Gasteiger partial charge in [0.25, 0.3) is 15.9 Å². The molecule has 2 heterocycles. The maximum Gasteiger partial charge on any atom is 0.343 e. The molecule has 8 nitrogen and oxygen atoms in total. The highest BCUT2D eigenvalue weighted by Crippen LogP contribution is 2.37.